The summed E-state index contributed by atoms with van der Waals surface area (Å²) in [6.45, 7) is 1.42. The van der Waals surface area contributed by atoms with E-state index in [0.29, 0.717) is 0 Å². The fourth-order valence-corrected chi connectivity index (χ4v) is 0.465. The van der Waals surface area contributed by atoms with Gasteiger partial charge < -0.3 is 10.8 Å². The van der Waals surface area contributed by atoms with E-state index in [-0.39, 0.29) is 6.42 Å². The molecule has 2 unspecified atom stereocenters. The molecule has 0 aromatic rings. The highest BCUT2D eigenvalue weighted by atomic mass is 16.3. The third-order valence-corrected chi connectivity index (χ3v) is 1.14. The van der Waals surface area contributed by atoms with Crippen molar-refractivity contribution in [1.29, 1.82) is 5.26 Å². The van der Waals surface area contributed by atoms with Gasteiger partial charge in [0.2, 0.25) is 0 Å². The highest BCUT2D eigenvalue weighted by molar-refractivity contribution is 5.85. The third-order valence-electron chi connectivity index (χ3n) is 1.14. The van der Waals surface area contributed by atoms with Gasteiger partial charge in [-0.05, 0) is 6.92 Å². The van der Waals surface area contributed by atoms with Crippen LogP contribution in [0.2, 0.25) is 0 Å². The van der Waals surface area contributed by atoms with E-state index in [1.54, 1.807) is 6.07 Å². The second kappa shape index (κ2) is 3.99. The largest absolute Gasteiger partial charge is 0.391 e. The molecule has 0 aliphatic rings. The third kappa shape index (κ3) is 2.58. The Labute approximate surface area is 59.3 Å². The predicted octanol–water partition coefficient (Wildman–Crippen LogP) is -0.823. The number of nitriles is 1. The number of nitrogens with two attached hydrogens (primary N) is 1. The van der Waals surface area contributed by atoms with Crippen molar-refractivity contribution in [3.05, 3.63) is 0 Å². The molecular formula is C6H10N2O2. The zero-order chi connectivity index (χ0) is 8.15. The lowest BCUT2D eigenvalue weighted by Crippen LogP contribution is -2.39. The highest BCUT2D eigenvalue weighted by Crippen LogP contribution is 1.93. The maximum atomic E-state index is 10.7. The molecule has 0 saturated heterocycles. The first-order valence-electron chi connectivity index (χ1n) is 2.93. The minimum atomic E-state index is -0.917. The zero-order valence-corrected chi connectivity index (χ0v) is 5.74. The van der Waals surface area contributed by atoms with Crippen LogP contribution in [0.4, 0.5) is 0 Å². The van der Waals surface area contributed by atoms with Crippen molar-refractivity contribution in [1.82, 2.24) is 0 Å². The quantitative estimate of drug-likeness (QED) is 0.538. The number of rotatable bonds is 3. The van der Waals surface area contributed by atoms with Crippen LogP contribution < -0.4 is 5.73 Å². The van der Waals surface area contributed by atoms with E-state index < -0.39 is 17.9 Å². The minimum absolute atomic E-state index is 0.230. The molecule has 4 heteroatoms. The second-order valence-electron chi connectivity index (χ2n) is 2.07. The summed E-state index contributed by atoms with van der Waals surface area (Å²) >= 11 is 0. The predicted molar refractivity (Wildman–Crippen MR) is 34.9 cm³/mol. The molecule has 0 bridgehead atoms. The Morgan fingerprint density at radius 2 is 2.40 bits per heavy atom. The Balaban J connectivity index is 3.85. The second-order valence-corrected chi connectivity index (χ2v) is 2.07. The van der Waals surface area contributed by atoms with Gasteiger partial charge >= 0.3 is 0 Å². The van der Waals surface area contributed by atoms with Crippen molar-refractivity contribution in [2.45, 2.75) is 25.5 Å². The number of Topliss-reactive ketones (excluding diaryl/α,β-unsaturated/α-hetero) is 1. The molecule has 0 aliphatic heterocycles. The number of ketones is 1. The first-order chi connectivity index (χ1) is 4.59. The summed E-state index contributed by atoms with van der Waals surface area (Å²) in [6.07, 6.45) is -1.10. The van der Waals surface area contributed by atoms with Crippen molar-refractivity contribution in [3.8, 4) is 6.07 Å². The number of aliphatic hydroxyl groups is 1. The summed E-state index contributed by atoms with van der Waals surface area (Å²) in [5, 5.41) is 16.8. The van der Waals surface area contributed by atoms with E-state index in [9.17, 15) is 4.79 Å². The molecule has 10 heavy (non-hydrogen) atoms. The molecule has 0 amide bonds. The Hall–Kier alpha value is -0.920. The van der Waals surface area contributed by atoms with Crippen LogP contribution in [0.15, 0.2) is 0 Å². The first-order valence-corrected chi connectivity index (χ1v) is 2.93. The SMILES string of the molecule is CC(O)C(N)C(=O)CC#N. The van der Waals surface area contributed by atoms with Crippen molar-refractivity contribution in [3.63, 3.8) is 0 Å². The monoisotopic (exact) mass is 142 g/mol. The van der Waals surface area contributed by atoms with Crippen molar-refractivity contribution < 1.29 is 9.90 Å². The molecule has 0 rings (SSSR count). The van der Waals surface area contributed by atoms with Gasteiger partial charge in [0.15, 0.2) is 5.78 Å². The maximum absolute atomic E-state index is 10.7. The fourth-order valence-electron chi connectivity index (χ4n) is 0.465. The van der Waals surface area contributed by atoms with Crippen LogP contribution in [0.1, 0.15) is 13.3 Å². The lowest BCUT2D eigenvalue weighted by atomic mass is 10.1. The van der Waals surface area contributed by atoms with Gasteiger partial charge in [-0.2, -0.15) is 5.26 Å². The van der Waals surface area contributed by atoms with Gasteiger partial charge in [0.05, 0.1) is 24.6 Å². The van der Waals surface area contributed by atoms with E-state index in [1.807, 2.05) is 0 Å². The number of carbonyl (C=O) groups is 1. The smallest absolute Gasteiger partial charge is 0.166 e. The Kier molecular flexibility index (Phi) is 3.62. The topological polar surface area (TPSA) is 87.1 Å². The number of hydrogen-bond acceptors (Lipinski definition) is 4. The van der Waals surface area contributed by atoms with Crippen LogP contribution in [-0.4, -0.2) is 23.0 Å². The van der Waals surface area contributed by atoms with Crippen LogP contribution in [-0.2, 0) is 4.79 Å². The summed E-state index contributed by atoms with van der Waals surface area (Å²) in [6, 6.07) is 0.746. The molecule has 3 N–H and O–H groups in total. The van der Waals surface area contributed by atoms with E-state index >= 15 is 0 Å². The fraction of sp³-hybridized carbons (Fsp3) is 0.667. The number of carbonyl (C=O) groups excluding carboxylic acids is 1. The van der Waals surface area contributed by atoms with Crippen LogP contribution in [0.3, 0.4) is 0 Å². The van der Waals surface area contributed by atoms with Gasteiger partial charge in [0.1, 0.15) is 0 Å². The summed E-state index contributed by atoms with van der Waals surface area (Å²) in [5.41, 5.74) is 5.20. The van der Waals surface area contributed by atoms with Crippen LogP contribution in [0.25, 0.3) is 0 Å². The molecular weight excluding hydrogens is 132 g/mol. The lowest BCUT2D eigenvalue weighted by molar-refractivity contribution is -0.121. The van der Waals surface area contributed by atoms with E-state index in [4.69, 9.17) is 16.1 Å². The normalized spacial score (nSPS) is 15.4. The highest BCUT2D eigenvalue weighted by Gasteiger charge is 2.17. The Morgan fingerprint density at radius 3 is 2.70 bits per heavy atom. The van der Waals surface area contributed by atoms with Crippen LogP contribution >= 0.6 is 0 Å². The van der Waals surface area contributed by atoms with Gasteiger partial charge in [-0.3, -0.25) is 4.79 Å². The minimum Gasteiger partial charge on any atom is -0.391 e. The summed E-state index contributed by atoms with van der Waals surface area (Å²) in [7, 11) is 0. The first kappa shape index (κ1) is 9.08. The molecule has 2 atom stereocenters. The van der Waals surface area contributed by atoms with Crippen molar-refractivity contribution >= 4 is 5.78 Å². The number of hydrogen-bond donors (Lipinski definition) is 2. The Morgan fingerprint density at radius 1 is 1.90 bits per heavy atom. The van der Waals surface area contributed by atoms with Crippen LogP contribution in [0.5, 0.6) is 0 Å². The van der Waals surface area contributed by atoms with Gasteiger partial charge in [0, 0.05) is 0 Å². The van der Waals surface area contributed by atoms with E-state index in [1.165, 1.54) is 6.92 Å². The molecule has 0 aromatic heterocycles. The van der Waals surface area contributed by atoms with E-state index in [2.05, 4.69) is 0 Å². The summed E-state index contributed by atoms with van der Waals surface area (Å²) < 4.78 is 0. The van der Waals surface area contributed by atoms with Gasteiger partial charge in [-0.1, -0.05) is 0 Å². The maximum Gasteiger partial charge on any atom is 0.166 e. The molecule has 0 aliphatic carbocycles. The molecule has 0 saturated carbocycles. The molecule has 0 heterocycles. The van der Waals surface area contributed by atoms with Crippen molar-refractivity contribution in [2.75, 3.05) is 0 Å². The zero-order valence-electron chi connectivity index (χ0n) is 5.74. The average Bonchev–Trinajstić information content (AvgIpc) is 1.87. The van der Waals surface area contributed by atoms with Crippen LogP contribution in [0, 0.1) is 11.3 Å². The standard InChI is InChI=1S/C6H10N2O2/c1-4(9)6(8)5(10)2-3-7/h4,6,9H,2,8H2,1H3. The Bertz CT molecular complexity index is 160. The number of nitrogens with zero attached hydrogens (tertiary/aromatic N) is 1. The molecule has 0 fully saturated rings. The number of aliphatic hydroxyl groups excluding tert-OH is 1. The van der Waals surface area contributed by atoms with Gasteiger partial charge in [0.25, 0.3) is 0 Å². The molecule has 0 radical (unpaired) electrons. The van der Waals surface area contributed by atoms with Crippen molar-refractivity contribution in [2.24, 2.45) is 5.73 Å². The van der Waals surface area contributed by atoms with Gasteiger partial charge in [-0.15, -0.1) is 0 Å². The lowest BCUT2D eigenvalue weighted by Gasteiger charge is -2.10. The molecule has 56 valence electrons. The summed E-state index contributed by atoms with van der Waals surface area (Å²) in [4.78, 5) is 10.7. The van der Waals surface area contributed by atoms with Gasteiger partial charge in [-0.25, -0.2) is 0 Å². The van der Waals surface area contributed by atoms with E-state index in [0.717, 1.165) is 0 Å². The molecule has 0 spiro atoms. The summed E-state index contributed by atoms with van der Waals surface area (Å²) in [5.74, 6) is -0.419. The average molecular weight is 142 g/mol. The molecule has 0 aromatic carbocycles. The molecule has 4 nitrogen and oxygen atoms in total.